The van der Waals surface area contributed by atoms with E-state index in [-0.39, 0.29) is 12.1 Å². The standard InChI is InChI=1S/C12H18N2O4/c1-17-13-12(16)14-6-2-4-9(14)8-10(15)11-5-3-7-18-11/h3,5,7,9-10,15H,2,4,6,8H2,1H3,(H,13,16)/t9-,10+/m0/s1. The average molecular weight is 254 g/mol. The molecule has 0 radical (unpaired) electrons. The van der Waals surface area contributed by atoms with Crippen LogP contribution in [0.2, 0.25) is 0 Å². The number of hydroxylamine groups is 1. The highest BCUT2D eigenvalue weighted by atomic mass is 16.6. The molecule has 2 atom stereocenters. The Bertz CT molecular complexity index is 379. The monoisotopic (exact) mass is 254 g/mol. The number of aliphatic hydroxyl groups excluding tert-OH is 1. The van der Waals surface area contributed by atoms with E-state index >= 15 is 0 Å². The highest BCUT2D eigenvalue weighted by Gasteiger charge is 2.31. The van der Waals surface area contributed by atoms with Crippen molar-refractivity contribution in [1.82, 2.24) is 10.4 Å². The predicted octanol–water partition coefficient (Wildman–Crippen LogP) is 1.44. The van der Waals surface area contributed by atoms with Gasteiger partial charge in [-0.2, -0.15) is 0 Å². The van der Waals surface area contributed by atoms with E-state index in [1.54, 1.807) is 17.0 Å². The van der Waals surface area contributed by atoms with Gasteiger partial charge in [0.2, 0.25) is 0 Å². The molecule has 18 heavy (non-hydrogen) atoms. The van der Waals surface area contributed by atoms with Gasteiger partial charge >= 0.3 is 6.03 Å². The summed E-state index contributed by atoms with van der Waals surface area (Å²) in [4.78, 5) is 18.0. The molecule has 2 heterocycles. The van der Waals surface area contributed by atoms with E-state index in [2.05, 4.69) is 10.3 Å². The van der Waals surface area contributed by atoms with E-state index in [0.29, 0.717) is 18.7 Å². The quantitative estimate of drug-likeness (QED) is 0.797. The summed E-state index contributed by atoms with van der Waals surface area (Å²) in [6, 6.07) is 3.23. The van der Waals surface area contributed by atoms with Gasteiger partial charge in [-0.15, -0.1) is 0 Å². The van der Waals surface area contributed by atoms with Crippen molar-refractivity contribution in [3.63, 3.8) is 0 Å². The lowest BCUT2D eigenvalue weighted by atomic mass is 10.1. The number of hydrogen-bond acceptors (Lipinski definition) is 4. The summed E-state index contributed by atoms with van der Waals surface area (Å²) in [6.07, 6.45) is 3.15. The minimum absolute atomic E-state index is 0.0141. The number of nitrogens with one attached hydrogen (secondary N) is 1. The number of hydrogen-bond donors (Lipinski definition) is 2. The largest absolute Gasteiger partial charge is 0.467 e. The van der Waals surface area contributed by atoms with Gasteiger partial charge in [-0.05, 0) is 25.0 Å². The van der Waals surface area contributed by atoms with E-state index < -0.39 is 6.10 Å². The van der Waals surface area contributed by atoms with Crippen molar-refractivity contribution in [2.24, 2.45) is 0 Å². The predicted molar refractivity (Wildman–Crippen MR) is 63.6 cm³/mol. The number of amides is 2. The molecule has 100 valence electrons. The molecule has 0 aromatic carbocycles. The van der Waals surface area contributed by atoms with Crippen LogP contribution in [0.5, 0.6) is 0 Å². The number of likely N-dealkylation sites (tertiary alicyclic amines) is 1. The molecular formula is C12H18N2O4. The van der Waals surface area contributed by atoms with Gasteiger partial charge in [0, 0.05) is 19.0 Å². The minimum atomic E-state index is -0.680. The van der Waals surface area contributed by atoms with E-state index in [1.807, 2.05) is 0 Å². The summed E-state index contributed by atoms with van der Waals surface area (Å²) in [6.45, 7) is 0.685. The Balaban J connectivity index is 1.93. The Labute approximate surface area is 105 Å². The van der Waals surface area contributed by atoms with Gasteiger partial charge in [0.15, 0.2) is 0 Å². The van der Waals surface area contributed by atoms with Gasteiger partial charge in [0.25, 0.3) is 0 Å². The zero-order chi connectivity index (χ0) is 13.0. The van der Waals surface area contributed by atoms with Crippen LogP contribution in [0.4, 0.5) is 4.79 Å². The van der Waals surface area contributed by atoms with Crippen molar-refractivity contribution in [3.05, 3.63) is 24.2 Å². The van der Waals surface area contributed by atoms with Crippen LogP contribution in [0.15, 0.2) is 22.8 Å². The third-order valence-electron chi connectivity index (χ3n) is 3.19. The van der Waals surface area contributed by atoms with E-state index in [1.165, 1.54) is 13.4 Å². The number of carbonyl (C=O) groups excluding carboxylic acids is 1. The third kappa shape index (κ3) is 2.83. The molecule has 6 heteroatoms. The van der Waals surface area contributed by atoms with E-state index in [0.717, 1.165) is 12.8 Å². The van der Waals surface area contributed by atoms with Crippen LogP contribution in [0.3, 0.4) is 0 Å². The number of nitrogens with zero attached hydrogens (tertiary/aromatic N) is 1. The van der Waals surface area contributed by atoms with Crippen LogP contribution < -0.4 is 5.48 Å². The lowest BCUT2D eigenvalue weighted by Crippen LogP contribution is -2.42. The Morgan fingerprint density at radius 1 is 1.78 bits per heavy atom. The molecule has 0 bridgehead atoms. The molecule has 1 fully saturated rings. The van der Waals surface area contributed by atoms with Gasteiger partial charge in [-0.3, -0.25) is 4.84 Å². The molecule has 0 unspecified atom stereocenters. The Morgan fingerprint density at radius 3 is 3.28 bits per heavy atom. The molecule has 1 aliphatic rings. The van der Waals surface area contributed by atoms with Crippen molar-refractivity contribution in [2.75, 3.05) is 13.7 Å². The molecule has 1 aromatic rings. The van der Waals surface area contributed by atoms with Gasteiger partial charge < -0.3 is 14.4 Å². The molecule has 1 aromatic heterocycles. The van der Waals surface area contributed by atoms with Crippen molar-refractivity contribution in [3.8, 4) is 0 Å². The number of urea groups is 1. The van der Waals surface area contributed by atoms with Gasteiger partial charge in [0.05, 0.1) is 13.4 Å². The number of furan rings is 1. The Morgan fingerprint density at radius 2 is 2.61 bits per heavy atom. The zero-order valence-corrected chi connectivity index (χ0v) is 10.3. The summed E-state index contributed by atoms with van der Waals surface area (Å²) < 4.78 is 5.16. The van der Waals surface area contributed by atoms with Crippen molar-refractivity contribution >= 4 is 6.03 Å². The molecule has 0 saturated carbocycles. The molecule has 0 aliphatic carbocycles. The molecule has 2 N–H and O–H groups in total. The average Bonchev–Trinajstić information content (AvgIpc) is 2.99. The highest BCUT2D eigenvalue weighted by Crippen LogP contribution is 2.27. The Hall–Kier alpha value is -1.53. The number of carbonyl (C=O) groups is 1. The molecular weight excluding hydrogens is 236 g/mol. The minimum Gasteiger partial charge on any atom is -0.467 e. The molecule has 1 saturated heterocycles. The third-order valence-corrected chi connectivity index (χ3v) is 3.19. The topological polar surface area (TPSA) is 74.9 Å². The van der Waals surface area contributed by atoms with Crippen LogP contribution in [0.1, 0.15) is 31.1 Å². The van der Waals surface area contributed by atoms with Crippen LogP contribution in [-0.4, -0.2) is 35.7 Å². The Kier molecular flexibility index (Phi) is 4.22. The maximum Gasteiger partial charge on any atom is 0.341 e. The van der Waals surface area contributed by atoms with Gasteiger partial charge in [-0.25, -0.2) is 10.3 Å². The molecule has 2 rings (SSSR count). The lowest BCUT2D eigenvalue weighted by Gasteiger charge is -2.25. The van der Waals surface area contributed by atoms with Crippen molar-refractivity contribution in [2.45, 2.75) is 31.4 Å². The highest BCUT2D eigenvalue weighted by molar-refractivity contribution is 5.73. The summed E-state index contributed by atoms with van der Waals surface area (Å²) in [5.41, 5.74) is 2.31. The second-order valence-electron chi connectivity index (χ2n) is 4.37. The summed E-state index contributed by atoms with van der Waals surface area (Å²) in [5, 5.41) is 10.0. The first-order valence-corrected chi connectivity index (χ1v) is 6.03. The van der Waals surface area contributed by atoms with Crippen LogP contribution in [0, 0.1) is 0 Å². The normalized spacial score (nSPS) is 21.0. The maximum atomic E-state index is 11.7. The first-order valence-electron chi connectivity index (χ1n) is 6.03. The SMILES string of the molecule is CONC(=O)N1CCC[C@H]1C[C@@H](O)c1ccco1. The summed E-state index contributed by atoms with van der Waals surface area (Å²) in [7, 11) is 1.40. The first-order chi connectivity index (χ1) is 8.72. The van der Waals surface area contributed by atoms with Crippen LogP contribution >= 0.6 is 0 Å². The second-order valence-corrected chi connectivity index (χ2v) is 4.37. The second kappa shape index (κ2) is 5.88. The number of rotatable bonds is 4. The van der Waals surface area contributed by atoms with Crippen molar-refractivity contribution < 1.29 is 19.2 Å². The molecule has 6 nitrogen and oxygen atoms in total. The smallest absolute Gasteiger partial charge is 0.341 e. The fraction of sp³-hybridized carbons (Fsp3) is 0.583. The first kappa shape index (κ1) is 12.9. The maximum absolute atomic E-state index is 11.7. The fourth-order valence-electron chi connectivity index (χ4n) is 2.35. The summed E-state index contributed by atoms with van der Waals surface area (Å²) >= 11 is 0. The van der Waals surface area contributed by atoms with Crippen molar-refractivity contribution in [1.29, 1.82) is 0 Å². The number of aliphatic hydroxyl groups is 1. The fourth-order valence-corrected chi connectivity index (χ4v) is 2.35. The lowest BCUT2D eigenvalue weighted by molar-refractivity contribution is 0.0719. The molecule has 0 spiro atoms. The zero-order valence-electron chi connectivity index (χ0n) is 10.3. The summed E-state index contributed by atoms with van der Waals surface area (Å²) in [5.74, 6) is 0.536. The molecule has 2 amide bonds. The van der Waals surface area contributed by atoms with E-state index in [4.69, 9.17) is 4.42 Å². The van der Waals surface area contributed by atoms with Crippen LogP contribution in [-0.2, 0) is 4.84 Å². The van der Waals surface area contributed by atoms with E-state index in [9.17, 15) is 9.90 Å². The van der Waals surface area contributed by atoms with Crippen LogP contribution in [0.25, 0.3) is 0 Å². The van der Waals surface area contributed by atoms with Gasteiger partial charge in [0.1, 0.15) is 11.9 Å². The molecule has 1 aliphatic heterocycles. The van der Waals surface area contributed by atoms with Gasteiger partial charge in [-0.1, -0.05) is 0 Å².